The van der Waals surface area contributed by atoms with Gasteiger partial charge in [-0.3, -0.25) is 9.59 Å². The lowest BCUT2D eigenvalue weighted by molar-refractivity contribution is -0.114. The number of nitrogens with one attached hydrogen (secondary N) is 3. The van der Waals surface area contributed by atoms with Gasteiger partial charge in [-0.05, 0) is 69.3 Å². The van der Waals surface area contributed by atoms with Crippen molar-refractivity contribution in [1.82, 2.24) is 5.32 Å². The van der Waals surface area contributed by atoms with Gasteiger partial charge in [-0.2, -0.15) is 0 Å². The summed E-state index contributed by atoms with van der Waals surface area (Å²) >= 11 is 5.82. The number of amides is 2. The van der Waals surface area contributed by atoms with Crippen LogP contribution in [0.5, 0.6) is 0 Å². The molecule has 25 heavy (non-hydrogen) atoms. The topological polar surface area (TPSA) is 70.2 Å². The van der Waals surface area contributed by atoms with E-state index in [1.807, 2.05) is 20.8 Å². The van der Waals surface area contributed by atoms with Crippen molar-refractivity contribution < 1.29 is 9.59 Å². The van der Waals surface area contributed by atoms with E-state index < -0.39 is 0 Å². The standard InChI is InChI=1S/C19H22ClN3O2/c1-19(2,3)23-18(25)13-4-8-16(9-5-13)22-17(24)12-21-15-10-6-14(20)7-11-15/h4-11,21H,12H2,1-3H3,(H,22,24)(H,23,25). The summed E-state index contributed by atoms with van der Waals surface area (Å²) in [6, 6.07) is 13.9. The largest absolute Gasteiger partial charge is 0.376 e. The van der Waals surface area contributed by atoms with Gasteiger partial charge in [0.25, 0.3) is 5.91 Å². The zero-order valence-corrected chi connectivity index (χ0v) is 15.3. The van der Waals surface area contributed by atoms with Gasteiger partial charge < -0.3 is 16.0 Å². The van der Waals surface area contributed by atoms with Crippen molar-refractivity contribution in [1.29, 1.82) is 0 Å². The van der Waals surface area contributed by atoms with Crippen molar-refractivity contribution in [2.75, 3.05) is 17.2 Å². The molecule has 2 aromatic carbocycles. The third-order valence-corrected chi connectivity index (χ3v) is 3.47. The summed E-state index contributed by atoms with van der Waals surface area (Å²) in [6.07, 6.45) is 0. The van der Waals surface area contributed by atoms with Crippen molar-refractivity contribution in [2.45, 2.75) is 26.3 Å². The van der Waals surface area contributed by atoms with Crippen molar-refractivity contribution in [3.63, 3.8) is 0 Å². The number of benzene rings is 2. The Hall–Kier alpha value is -2.53. The molecule has 2 rings (SSSR count). The molecule has 6 heteroatoms. The van der Waals surface area contributed by atoms with Gasteiger partial charge in [0.1, 0.15) is 0 Å². The average Bonchev–Trinajstić information content (AvgIpc) is 2.53. The van der Waals surface area contributed by atoms with E-state index in [4.69, 9.17) is 11.6 Å². The zero-order valence-electron chi connectivity index (χ0n) is 14.5. The molecule has 0 aliphatic carbocycles. The summed E-state index contributed by atoms with van der Waals surface area (Å²) in [5, 5.41) is 9.33. The number of carbonyl (C=O) groups is 2. The summed E-state index contributed by atoms with van der Waals surface area (Å²) in [6.45, 7) is 5.90. The molecule has 0 bridgehead atoms. The van der Waals surface area contributed by atoms with Crippen LogP contribution in [0.4, 0.5) is 11.4 Å². The number of rotatable bonds is 5. The Balaban J connectivity index is 1.86. The first kappa shape index (κ1) is 18.8. The second-order valence-electron chi connectivity index (χ2n) is 6.69. The summed E-state index contributed by atoms with van der Waals surface area (Å²) in [5.41, 5.74) is 1.70. The molecule has 0 aromatic heterocycles. The number of hydrogen-bond donors (Lipinski definition) is 3. The maximum atomic E-state index is 12.1. The molecule has 0 radical (unpaired) electrons. The SMILES string of the molecule is CC(C)(C)NC(=O)c1ccc(NC(=O)CNc2ccc(Cl)cc2)cc1. The summed E-state index contributed by atoms with van der Waals surface area (Å²) in [7, 11) is 0. The van der Waals surface area contributed by atoms with Gasteiger partial charge in [-0.1, -0.05) is 11.6 Å². The highest BCUT2D eigenvalue weighted by molar-refractivity contribution is 6.30. The minimum Gasteiger partial charge on any atom is -0.376 e. The molecule has 0 aliphatic heterocycles. The summed E-state index contributed by atoms with van der Waals surface area (Å²) in [5.74, 6) is -0.323. The normalized spacial score (nSPS) is 10.9. The molecule has 2 aromatic rings. The van der Waals surface area contributed by atoms with Gasteiger partial charge in [0.15, 0.2) is 0 Å². The second kappa shape index (κ2) is 8.03. The Bertz CT molecular complexity index is 735. The second-order valence-corrected chi connectivity index (χ2v) is 7.13. The fourth-order valence-electron chi connectivity index (χ4n) is 2.07. The number of carbonyl (C=O) groups excluding carboxylic acids is 2. The lowest BCUT2D eigenvalue weighted by Gasteiger charge is -2.20. The number of anilines is 2. The quantitative estimate of drug-likeness (QED) is 0.757. The molecule has 0 unspecified atom stereocenters. The summed E-state index contributed by atoms with van der Waals surface area (Å²) < 4.78 is 0. The van der Waals surface area contributed by atoms with Crippen LogP contribution in [0, 0.1) is 0 Å². The monoisotopic (exact) mass is 359 g/mol. The Morgan fingerprint density at radius 3 is 2.04 bits per heavy atom. The molecule has 0 fully saturated rings. The van der Waals surface area contributed by atoms with Crippen molar-refractivity contribution in [2.24, 2.45) is 0 Å². The van der Waals surface area contributed by atoms with Crippen LogP contribution in [0.15, 0.2) is 48.5 Å². The van der Waals surface area contributed by atoms with E-state index in [9.17, 15) is 9.59 Å². The van der Waals surface area contributed by atoms with Crippen LogP contribution >= 0.6 is 11.6 Å². The molecule has 132 valence electrons. The average molecular weight is 360 g/mol. The van der Waals surface area contributed by atoms with Gasteiger partial charge in [-0.25, -0.2) is 0 Å². The Kier molecular flexibility index (Phi) is 6.04. The van der Waals surface area contributed by atoms with E-state index in [0.717, 1.165) is 5.69 Å². The maximum Gasteiger partial charge on any atom is 0.251 e. The Morgan fingerprint density at radius 1 is 0.920 bits per heavy atom. The Labute approximate surface area is 152 Å². The van der Waals surface area contributed by atoms with Crippen LogP contribution in [0.1, 0.15) is 31.1 Å². The highest BCUT2D eigenvalue weighted by Crippen LogP contribution is 2.14. The number of hydrogen-bond acceptors (Lipinski definition) is 3. The zero-order chi connectivity index (χ0) is 18.4. The highest BCUT2D eigenvalue weighted by atomic mass is 35.5. The smallest absolute Gasteiger partial charge is 0.251 e. The molecule has 0 saturated heterocycles. The molecular formula is C19H22ClN3O2. The predicted octanol–water partition coefficient (Wildman–Crippen LogP) is 3.92. The van der Waals surface area contributed by atoms with Gasteiger partial charge >= 0.3 is 0 Å². The lowest BCUT2D eigenvalue weighted by atomic mass is 10.1. The fraction of sp³-hybridized carbons (Fsp3) is 0.263. The van der Waals surface area contributed by atoms with Gasteiger partial charge in [0.05, 0.1) is 6.54 Å². The lowest BCUT2D eigenvalue weighted by Crippen LogP contribution is -2.40. The first-order valence-electron chi connectivity index (χ1n) is 7.95. The third kappa shape index (κ3) is 6.47. The van der Waals surface area contributed by atoms with Gasteiger partial charge in [0.2, 0.25) is 5.91 Å². The molecule has 0 atom stereocenters. The minimum absolute atomic E-state index is 0.133. The van der Waals surface area contributed by atoms with Crippen LogP contribution in [0.25, 0.3) is 0 Å². The first-order chi connectivity index (χ1) is 11.7. The van der Waals surface area contributed by atoms with Crippen molar-refractivity contribution in [3.05, 3.63) is 59.1 Å². The highest BCUT2D eigenvalue weighted by Gasteiger charge is 2.15. The number of halogens is 1. The van der Waals surface area contributed by atoms with Crippen molar-refractivity contribution >= 4 is 34.8 Å². The van der Waals surface area contributed by atoms with E-state index in [2.05, 4.69) is 16.0 Å². The van der Waals surface area contributed by atoms with E-state index >= 15 is 0 Å². The molecule has 0 heterocycles. The van der Waals surface area contributed by atoms with Crippen LogP contribution in [0.3, 0.4) is 0 Å². The minimum atomic E-state index is -0.294. The van der Waals surface area contributed by atoms with E-state index in [1.165, 1.54) is 0 Å². The van der Waals surface area contributed by atoms with E-state index in [-0.39, 0.29) is 23.9 Å². The van der Waals surface area contributed by atoms with Crippen LogP contribution in [0.2, 0.25) is 5.02 Å². The summed E-state index contributed by atoms with van der Waals surface area (Å²) in [4.78, 5) is 24.0. The van der Waals surface area contributed by atoms with Crippen LogP contribution in [-0.4, -0.2) is 23.9 Å². The molecule has 0 aliphatic rings. The van der Waals surface area contributed by atoms with Gasteiger partial charge in [0, 0.05) is 27.5 Å². The van der Waals surface area contributed by atoms with Gasteiger partial charge in [-0.15, -0.1) is 0 Å². The molecule has 5 nitrogen and oxygen atoms in total. The van der Waals surface area contributed by atoms with E-state index in [1.54, 1.807) is 48.5 Å². The molecule has 3 N–H and O–H groups in total. The Morgan fingerprint density at radius 2 is 1.48 bits per heavy atom. The molecule has 0 saturated carbocycles. The molecular weight excluding hydrogens is 338 g/mol. The fourth-order valence-corrected chi connectivity index (χ4v) is 2.20. The predicted molar refractivity (Wildman–Crippen MR) is 102 cm³/mol. The maximum absolute atomic E-state index is 12.1. The van der Waals surface area contributed by atoms with Crippen LogP contribution < -0.4 is 16.0 Å². The molecule has 2 amide bonds. The van der Waals surface area contributed by atoms with Crippen molar-refractivity contribution in [3.8, 4) is 0 Å². The molecule has 0 spiro atoms. The van der Waals surface area contributed by atoms with Crippen LogP contribution in [-0.2, 0) is 4.79 Å². The third-order valence-electron chi connectivity index (χ3n) is 3.22. The van der Waals surface area contributed by atoms with E-state index in [0.29, 0.717) is 16.3 Å². The first-order valence-corrected chi connectivity index (χ1v) is 8.33.